The first-order valence-electron chi connectivity index (χ1n) is 7.20. The van der Waals surface area contributed by atoms with Gasteiger partial charge in [0.15, 0.2) is 0 Å². The van der Waals surface area contributed by atoms with Crippen molar-refractivity contribution in [2.24, 2.45) is 23.5 Å². The molecule has 3 rings (SSSR count). The van der Waals surface area contributed by atoms with E-state index in [2.05, 4.69) is 29.5 Å². The lowest BCUT2D eigenvalue weighted by Crippen LogP contribution is -2.42. The first kappa shape index (κ1) is 12.6. The lowest BCUT2D eigenvalue weighted by atomic mass is 9.84. The molecule has 2 N–H and O–H groups in total. The molecule has 0 saturated heterocycles. The summed E-state index contributed by atoms with van der Waals surface area (Å²) in [7, 11) is 2.26. The van der Waals surface area contributed by atoms with Gasteiger partial charge in [-0.25, -0.2) is 0 Å². The van der Waals surface area contributed by atoms with Crippen LogP contribution in [0.1, 0.15) is 24.1 Å². The lowest BCUT2D eigenvalue weighted by molar-refractivity contribution is 0.200. The molecule has 2 aliphatic rings. The molecule has 3 heteroatoms. The summed E-state index contributed by atoms with van der Waals surface area (Å²) in [6, 6.07) is 4.86. The number of likely N-dealkylation sites (N-methyl/N-ethyl adjacent to an activating group) is 1. The Hall–Kier alpha value is -0.380. The summed E-state index contributed by atoms with van der Waals surface area (Å²) in [4.78, 5) is 3.99. The minimum absolute atomic E-state index is 0.480. The third-order valence-corrected chi connectivity index (χ3v) is 5.94. The fraction of sp³-hybridized carbons (Fsp3) is 0.733. The molecule has 0 radical (unpaired) electrons. The van der Waals surface area contributed by atoms with E-state index in [1.54, 1.807) is 0 Å². The standard InChI is InChI=1S/C15H24N2S/c1-17(7-6-13-3-2-8-18-13)10-14-11-4-5-12(9-11)15(14)16/h2-3,8,11-12,14-15H,4-7,9-10,16H2,1H3. The van der Waals surface area contributed by atoms with Crippen molar-refractivity contribution in [3.05, 3.63) is 22.4 Å². The van der Waals surface area contributed by atoms with Crippen LogP contribution in [0.4, 0.5) is 0 Å². The maximum Gasteiger partial charge on any atom is 0.0111 e. The van der Waals surface area contributed by atoms with Crippen molar-refractivity contribution in [2.75, 3.05) is 20.1 Å². The topological polar surface area (TPSA) is 29.3 Å². The highest BCUT2D eigenvalue weighted by molar-refractivity contribution is 7.09. The molecule has 0 spiro atoms. The Morgan fingerprint density at radius 1 is 1.39 bits per heavy atom. The molecular weight excluding hydrogens is 240 g/mol. The zero-order valence-corrected chi connectivity index (χ0v) is 12.0. The maximum atomic E-state index is 6.38. The van der Waals surface area contributed by atoms with Crippen LogP contribution in [0, 0.1) is 17.8 Å². The largest absolute Gasteiger partial charge is 0.327 e. The average Bonchev–Trinajstić information content (AvgIpc) is 3.06. The third kappa shape index (κ3) is 2.49. The van der Waals surface area contributed by atoms with Crippen LogP contribution in [0.5, 0.6) is 0 Å². The lowest BCUT2D eigenvalue weighted by Gasteiger charge is -2.31. The number of hydrogen-bond donors (Lipinski definition) is 1. The van der Waals surface area contributed by atoms with Crippen LogP contribution in [-0.4, -0.2) is 31.1 Å². The fourth-order valence-electron chi connectivity index (χ4n) is 3.93. The molecule has 0 aliphatic heterocycles. The summed E-state index contributed by atoms with van der Waals surface area (Å²) in [5.74, 6) is 2.52. The molecule has 2 saturated carbocycles. The SMILES string of the molecule is CN(CCc1cccs1)CC1C2CCC(C2)C1N. The number of nitrogens with two attached hydrogens (primary N) is 1. The second-order valence-electron chi connectivity index (χ2n) is 6.17. The monoisotopic (exact) mass is 264 g/mol. The summed E-state index contributed by atoms with van der Waals surface area (Å²) in [5.41, 5.74) is 6.38. The highest BCUT2D eigenvalue weighted by Crippen LogP contribution is 2.47. The fourth-order valence-corrected chi connectivity index (χ4v) is 4.63. The molecule has 2 fully saturated rings. The summed E-state index contributed by atoms with van der Waals surface area (Å²) in [6.07, 6.45) is 5.41. The van der Waals surface area contributed by atoms with Crippen molar-refractivity contribution in [2.45, 2.75) is 31.7 Å². The van der Waals surface area contributed by atoms with E-state index in [4.69, 9.17) is 5.73 Å². The van der Waals surface area contributed by atoms with Gasteiger partial charge in [0.25, 0.3) is 0 Å². The highest BCUT2D eigenvalue weighted by Gasteiger charge is 2.45. The zero-order chi connectivity index (χ0) is 12.5. The second kappa shape index (κ2) is 5.32. The van der Waals surface area contributed by atoms with E-state index < -0.39 is 0 Å². The van der Waals surface area contributed by atoms with E-state index in [1.807, 2.05) is 11.3 Å². The van der Waals surface area contributed by atoms with Crippen molar-refractivity contribution in [3.63, 3.8) is 0 Å². The highest BCUT2D eigenvalue weighted by atomic mass is 32.1. The van der Waals surface area contributed by atoms with Crippen LogP contribution in [-0.2, 0) is 6.42 Å². The molecule has 2 bridgehead atoms. The van der Waals surface area contributed by atoms with Crippen molar-refractivity contribution >= 4 is 11.3 Å². The van der Waals surface area contributed by atoms with E-state index in [0.29, 0.717) is 6.04 Å². The van der Waals surface area contributed by atoms with Crippen LogP contribution in [0.25, 0.3) is 0 Å². The van der Waals surface area contributed by atoms with Gasteiger partial charge in [-0.3, -0.25) is 0 Å². The second-order valence-corrected chi connectivity index (χ2v) is 7.20. The number of nitrogens with zero attached hydrogens (tertiary/aromatic N) is 1. The van der Waals surface area contributed by atoms with Crippen molar-refractivity contribution in [1.29, 1.82) is 0 Å². The van der Waals surface area contributed by atoms with Gasteiger partial charge in [0.05, 0.1) is 0 Å². The molecule has 0 amide bonds. The summed E-state index contributed by atoms with van der Waals surface area (Å²) in [6.45, 7) is 2.37. The van der Waals surface area contributed by atoms with Gasteiger partial charge in [-0.2, -0.15) is 0 Å². The van der Waals surface area contributed by atoms with Crippen LogP contribution in [0.3, 0.4) is 0 Å². The van der Waals surface area contributed by atoms with Crippen LogP contribution in [0.2, 0.25) is 0 Å². The Morgan fingerprint density at radius 3 is 2.89 bits per heavy atom. The maximum absolute atomic E-state index is 6.38. The molecule has 1 heterocycles. The van der Waals surface area contributed by atoms with Gasteiger partial charge in [-0.15, -0.1) is 11.3 Å². The number of hydrogen-bond acceptors (Lipinski definition) is 3. The van der Waals surface area contributed by atoms with Crippen LogP contribution < -0.4 is 5.73 Å². The van der Waals surface area contributed by atoms with Gasteiger partial charge in [0.2, 0.25) is 0 Å². The molecule has 0 aromatic carbocycles. The molecule has 100 valence electrons. The summed E-state index contributed by atoms with van der Waals surface area (Å²) >= 11 is 1.87. The summed E-state index contributed by atoms with van der Waals surface area (Å²) < 4.78 is 0. The van der Waals surface area contributed by atoms with Gasteiger partial charge >= 0.3 is 0 Å². The van der Waals surface area contributed by atoms with Crippen LogP contribution in [0.15, 0.2) is 17.5 Å². The molecule has 1 aromatic heterocycles. The Kier molecular flexibility index (Phi) is 3.73. The van der Waals surface area contributed by atoms with Crippen molar-refractivity contribution < 1.29 is 0 Å². The van der Waals surface area contributed by atoms with Crippen molar-refractivity contribution in [1.82, 2.24) is 4.90 Å². The predicted octanol–water partition coefficient (Wildman–Crippen LogP) is 2.60. The number of rotatable bonds is 5. The molecular formula is C15H24N2S. The smallest absolute Gasteiger partial charge is 0.0111 e. The Labute approximate surface area is 114 Å². The zero-order valence-electron chi connectivity index (χ0n) is 11.2. The summed E-state index contributed by atoms with van der Waals surface area (Å²) in [5, 5.41) is 2.17. The van der Waals surface area contributed by atoms with Crippen molar-refractivity contribution in [3.8, 4) is 0 Å². The van der Waals surface area contributed by atoms with E-state index in [-0.39, 0.29) is 0 Å². The quantitative estimate of drug-likeness (QED) is 0.886. The number of thiophene rings is 1. The van der Waals surface area contributed by atoms with Gasteiger partial charge in [-0.05, 0) is 61.9 Å². The minimum Gasteiger partial charge on any atom is -0.327 e. The molecule has 2 nitrogen and oxygen atoms in total. The van der Waals surface area contributed by atoms with Crippen LogP contribution >= 0.6 is 11.3 Å². The molecule has 18 heavy (non-hydrogen) atoms. The molecule has 4 unspecified atom stereocenters. The van der Waals surface area contributed by atoms with Gasteiger partial charge in [0, 0.05) is 24.0 Å². The van der Waals surface area contributed by atoms with E-state index in [9.17, 15) is 0 Å². The van der Waals surface area contributed by atoms with E-state index in [1.165, 1.54) is 43.6 Å². The van der Waals surface area contributed by atoms with Gasteiger partial charge in [0.1, 0.15) is 0 Å². The Bertz CT molecular complexity index is 374. The van der Waals surface area contributed by atoms with Gasteiger partial charge in [-0.1, -0.05) is 6.07 Å². The van der Waals surface area contributed by atoms with E-state index >= 15 is 0 Å². The molecule has 1 aromatic rings. The first-order valence-corrected chi connectivity index (χ1v) is 8.08. The normalized spacial score (nSPS) is 34.6. The number of fused-ring (bicyclic) bond motifs is 2. The molecule has 4 atom stereocenters. The minimum atomic E-state index is 0.480. The Morgan fingerprint density at radius 2 is 2.22 bits per heavy atom. The van der Waals surface area contributed by atoms with E-state index in [0.717, 1.165) is 17.8 Å². The average molecular weight is 264 g/mol. The first-order chi connectivity index (χ1) is 8.74. The third-order valence-electron chi connectivity index (χ3n) is 5.00. The molecule has 2 aliphatic carbocycles. The Balaban J connectivity index is 1.47. The predicted molar refractivity (Wildman–Crippen MR) is 77.8 cm³/mol. The van der Waals surface area contributed by atoms with Gasteiger partial charge < -0.3 is 10.6 Å².